The number of thiophene rings is 1. The molecule has 0 radical (unpaired) electrons. The van der Waals surface area contributed by atoms with Gasteiger partial charge in [0.15, 0.2) is 0 Å². The Balaban J connectivity index is 1.43. The van der Waals surface area contributed by atoms with Crippen molar-refractivity contribution in [1.29, 1.82) is 0 Å². The lowest BCUT2D eigenvalue weighted by atomic mass is 10.0. The number of anilines is 1. The second-order valence-electron chi connectivity index (χ2n) is 8.17. The predicted molar refractivity (Wildman–Crippen MR) is 134 cm³/mol. The quantitative estimate of drug-likeness (QED) is 0.533. The molecule has 0 aliphatic carbocycles. The third kappa shape index (κ3) is 5.49. The highest BCUT2D eigenvalue weighted by Gasteiger charge is 2.31. The molecule has 6 nitrogen and oxygen atoms in total. The number of hydrogen-bond acceptors (Lipinski definition) is 6. The summed E-state index contributed by atoms with van der Waals surface area (Å²) in [5.41, 5.74) is 1.85. The third-order valence-electron chi connectivity index (χ3n) is 6.16. The van der Waals surface area contributed by atoms with Crippen molar-refractivity contribution >= 4 is 22.9 Å². The van der Waals surface area contributed by atoms with Crippen LogP contribution in [0.1, 0.15) is 28.2 Å². The molecule has 2 atom stereocenters. The maximum atomic E-state index is 12.9. The van der Waals surface area contributed by atoms with Crippen LogP contribution in [0, 0.1) is 0 Å². The van der Waals surface area contributed by atoms with E-state index in [-0.39, 0.29) is 18.0 Å². The van der Waals surface area contributed by atoms with Crippen molar-refractivity contribution < 1.29 is 14.3 Å². The van der Waals surface area contributed by atoms with E-state index in [2.05, 4.69) is 51.7 Å². The largest absolute Gasteiger partial charge is 0.497 e. The molecule has 3 aromatic rings. The number of carbonyl (C=O) groups is 1. The van der Waals surface area contributed by atoms with Crippen LogP contribution in [-0.2, 0) is 0 Å². The van der Waals surface area contributed by atoms with Crippen LogP contribution in [0.4, 0.5) is 5.69 Å². The Kier molecular flexibility index (Phi) is 7.52. The molecule has 2 unspecified atom stereocenters. The van der Waals surface area contributed by atoms with Gasteiger partial charge in [-0.15, -0.1) is 11.3 Å². The second-order valence-corrected chi connectivity index (χ2v) is 9.15. The zero-order chi connectivity index (χ0) is 23.2. The number of rotatable bonds is 8. The normalized spacial score (nSPS) is 16.2. The summed E-state index contributed by atoms with van der Waals surface area (Å²) in [5.74, 6) is 1.55. The fraction of sp³-hybridized carbons (Fsp3) is 0.346. The molecule has 0 saturated carbocycles. The number of amides is 1. The summed E-state index contributed by atoms with van der Waals surface area (Å²) in [6.07, 6.45) is 0. The molecule has 0 bridgehead atoms. The maximum Gasteiger partial charge on any atom is 0.251 e. The molecule has 1 fully saturated rings. The fourth-order valence-corrected chi connectivity index (χ4v) is 5.33. The van der Waals surface area contributed by atoms with E-state index in [4.69, 9.17) is 9.47 Å². The Bertz CT molecular complexity index is 1010. The minimum Gasteiger partial charge on any atom is -0.497 e. The summed E-state index contributed by atoms with van der Waals surface area (Å²) in [6.45, 7) is 5.83. The van der Waals surface area contributed by atoms with Crippen molar-refractivity contribution in [3.63, 3.8) is 0 Å². The zero-order valence-electron chi connectivity index (χ0n) is 19.4. The molecule has 174 valence electrons. The van der Waals surface area contributed by atoms with Gasteiger partial charge in [0.1, 0.15) is 11.5 Å². The average molecular weight is 466 g/mol. The molecule has 2 aromatic carbocycles. The number of nitrogens with one attached hydrogen (secondary N) is 1. The van der Waals surface area contributed by atoms with Crippen molar-refractivity contribution in [2.24, 2.45) is 0 Å². The molecule has 2 heterocycles. The maximum absolute atomic E-state index is 12.9. The van der Waals surface area contributed by atoms with Crippen LogP contribution in [0.2, 0.25) is 0 Å². The molecule has 4 rings (SSSR count). The van der Waals surface area contributed by atoms with E-state index in [1.54, 1.807) is 37.7 Å². The number of methoxy groups -OCH3 is 2. The average Bonchev–Trinajstić information content (AvgIpc) is 3.39. The van der Waals surface area contributed by atoms with Crippen LogP contribution in [0.3, 0.4) is 0 Å². The Hall–Kier alpha value is -3.03. The van der Waals surface area contributed by atoms with Gasteiger partial charge >= 0.3 is 0 Å². The SMILES string of the molecule is COc1ccc(C(=O)NC(C)C(c2cccs2)N2CCN(c3ccc(OC)cc3)CC2)cc1. The van der Waals surface area contributed by atoms with Gasteiger partial charge in [0, 0.05) is 48.3 Å². The van der Waals surface area contributed by atoms with Crippen molar-refractivity contribution in [3.8, 4) is 11.5 Å². The van der Waals surface area contributed by atoms with Gasteiger partial charge in [-0.3, -0.25) is 9.69 Å². The van der Waals surface area contributed by atoms with Gasteiger partial charge in [0.25, 0.3) is 5.91 Å². The van der Waals surface area contributed by atoms with Gasteiger partial charge in [-0.1, -0.05) is 6.07 Å². The standard InChI is InChI=1S/C26H31N3O3S/c1-19(27-26(30)20-6-10-22(31-2)11-7-20)25(24-5-4-18-33-24)29-16-14-28(15-17-29)21-8-12-23(32-3)13-9-21/h4-13,18-19,25H,14-17H2,1-3H3,(H,27,30). The highest BCUT2D eigenvalue weighted by atomic mass is 32.1. The number of ether oxygens (including phenoxy) is 2. The molecule has 1 N–H and O–H groups in total. The van der Waals surface area contributed by atoms with Gasteiger partial charge in [-0.2, -0.15) is 0 Å². The van der Waals surface area contributed by atoms with E-state index >= 15 is 0 Å². The lowest BCUT2D eigenvalue weighted by Crippen LogP contribution is -2.52. The number of nitrogens with zero attached hydrogens (tertiary/aromatic N) is 2. The summed E-state index contributed by atoms with van der Waals surface area (Å²) in [4.78, 5) is 19.1. The number of hydrogen-bond donors (Lipinski definition) is 1. The Morgan fingerprint density at radius 3 is 2.06 bits per heavy atom. The first-order valence-corrected chi connectivity index (χ1v) is 12.1. The van der Waals surface area contributed by atoms with E-state index in [9.17, 15) is 4.79 Å². The van der Waals surface area contributed by atoms with Crippen molar-refractivity contribution in [2.75, 3.05) is 45.3 Å². The summed E-state index contributed by atoms with van der Waals surface area (Å²) in [6, 6.07) is 19.8. The van der Waals surface area contributed by atoms with Crippen LogP contribution in [0.15, 0.2) is 66.0 Å². The predicted octanol–water partition coefficient (Wildman–Crippen LogP) is 4.45. The molecule has 1 aliphatic rings. The van der Waals surface area contributed by atoms with E-state index in [0.717, 1.165) is 37.7 Å². The molecule has 1 amide bonds. The number of piperazine rings is 1. The minimum absolute atomic E-state index is 0.0363. The first kappa shape index (κ1) is 23.1. The van der Waals surface area contributed by atoms with Crippen LogP contribution in [0.5, 0.6) is 11.5 Å². The zero-order valence-corrected chi connectivity index (χ0v) is 20.2. The monoisotopic (exact) mass is 465 g/mol. The molecule has 1 aliphatic heterocycles. The lowest BCUT2D eigenvalue weighted by Gasteiger charge is -2.42. The van der Waals surface area contributed by atoms with Crippen LogP contribution < -0.4 is 19.7 Å². The van der Waals surface area contributed by atoms with Crippen LogP contribution in [-0.4, -0.2) is 57.2 Å². The van der Waals surface area contributed by atoms with Gasteiger partial charge in [0.05, 0.1) is 20.3 Å². The van der Waals surface area contributed by atoms with Gasteiger partial charge < -0.3 is 19.7 Å². The second kappa shape index (κ2) is 10.7. The summed E-state index contributed by atoms with van der Waals surface area (Å²) >= 11 is 1.75. The van der Waals surface area contributed by atoms with Crippen molar-refractivity contribution in [2.45, 2.75) is 19.0 Å². The third-order valence-corrected chi connectivity index (χ3v) is 7.11. The number of benzene rings is 2. The molecular weight excluding hydrogens is 434 g/mol. The van der Waals surface area contributed by atoms with E-state index in [1.807, 2.05) is 24.3 Å². The summed E-state index contributed by atoms with van der Waals surface area (Å²) in [7, 11) is 3.31. The summed E-state index contributed by atoms with van der Waals surface area (Å²) < 4.78 is 10.5. The van der Waals surface area contributed by atoms with Gasteiger partial charge in [-0.05, 0) is 66.9 Å². The fourth-order valence-electron chi connectivity index (χ4n) is 4.36. The molecule has 1 saturated heterocycles. The molecular formula is C26H31N3O3S. The van der Waals surface area contributed by atoms with Crippen molar-refractivity contribution in [1.82, 2.24) is 10.2 Å². The Labute approximate surface area is 199 Å². The highest BCUT2D eigenvalue weighted by molar-refractivity contribution is 7.10. The van der Waals surface area contributed by atoms with Crippen LogP contribution >= 0.6 is 11.3 Å². The van der Waals surface area contributed by atoms with Crippen LogP contribution in [0.25, 0.3) is 0 Å². The van der Waals surface area contributed by atoms with E-state index < -0.39 is 0 Å². The smallest absolute Gasteiger partial charge is 0.251 e. The van der Waals surface area contributed by atoms with E-state index in [0.29, 0.717) is 5.56 Å². The molecule has 33 heavy (non-hydrogen) atoms. The topological polar surface area (TPSA) is 54.0 Å². The first-order valence-electron chi connectivity index (χ1n) is 11.2. The lowest BCUT2D eigenvalue weighted by molar-refractivity contribution is 0.0890. The molecule has 1 aromatic heterocycles. The van der Waals surface area contributed by atoms with Gasteiger partial charge in [0.2, 0.25) is 0 Å². The minimum atomic E-state index is -0.0661. The van der Waals surface area contributed by atoms with Gasteiger partial charge in [-0.25, -0.2) is 0 Å². The summed E-state index contributed by atoms with van der Waals surface area (Å²) in [5, 5.41) is 5.34. The first-order chi connectivity index (χ1) is 16.1. The number of carbonyl (C=O) groups excluding carboxylic acids is 1. The van der Waals surface area contributed by atoms with Crippen molar-refractivity contribution in [3.05, 3.63) is 76.5 Å². The highest BCUT2D eigenvalue weighted by Crippen LogP contribution is 2.30. The van der Waals surface area contributed by atoms with E-state index in [1.165, 1.54) is 10.6 Å². The Morgan fingerprint density at radius 2 is 1.52 bits per heavy atom. The molecule has 0 spiro atoms. The molecule has 7 heteroatoms. The Morgan fingerprint density at radius 1 is 0.909 bits per heavy atom.